The number of nitrogens with one attached hydrogen (secondary N) is 1. The van der Waals surface area contributed by atoms with E-state index in [9.17, 15) is 26.4 Å². The van der Waals surface area contributed by atoms with Crippen molar-refractivity contribution in [1.82, 2.24) is 5.16 Å². The Kier molecular flexibility index (Phi) is 5.21. The van der Waals surface area contributed by atoms with Crippen molar-refractivity contribution < 1.29 is 30.9 Å². The molecule has 0 aliphatic heterocycles. The number of aromatic nitrogens is 1. The zero-order valence-corrected chi connectivity index (χ0v) is 14.4. The van der Waals surface area contributed by atoms with E-state index in [0.717, 1.165) is 13.0 Å². The molecule has 0 spiro atoms. The van der Waals surface area contributed by atoms with Crippen LogP contribution in [0.4, 0.5) is 18.9 Å². The molecule has 0 fully saturated rings. The van der Waals surface area contributed by atoms with Crippen molar-refractivity contribution in [2.24, 2.45) is 0 Å². The van der Waals surface area contributed by atoms with Gasteiger partial charge in [-0.25, -0.2) is 21.6 Å². The van der Waals surface area contributed by atoms with Gasteiger partial charge in [0.05, 0.1) is 17.1 Å². The maximum Gasteiger partial charge on any atom is 0.242 e. The second-order valence-corrected chi connectivity index (χ2v) is 7.79. The zero-order chi connectivity index (χ0) is 18.9. The lowest BCUT2D eigenvalue weighted by molar-refractivity contribution is -0.115. The number of carbonyl (C=O) groups is 1. The van der Waals surface area contributed by atoms with E-state index in [4.69, 9.17) is 4.52 Å². The van der Waals surface area contributed by atoms with Crippen LogP contribution in [0.3, 0.4) is 0 Å². The fourth-order valence-corrected chi connectivity index (χ4v) is 3.50. The van der Waals surface area contributed by atoms with E-state index in [-0.39, 0.29) is 0 Å². The Hall–Kier alpha value is -2.36. The van der Waals surface area contributed by atoms with E-state index in [1.165, 1.54) is 6.92 Å². The second-order valence-electron chi connectivity index (χ2n) is 5.46. The van der Waals surface area contributed by atoms with Crippen LogP contribution in [0.15, 0.2) is 16.7 Å². The largest absolute Gasteiger partial charge is 0.361 e. The number of benzene rings is 1. The fraction of sp³-hybridized carbons (Fsp3) is 0.333. The molecule has 1 aromatic carbocycles. The van der Waals surface area contributed by atoms with Crippen molar-refractivity contribution in [3.63, 3.8) is 0 Å². The normalized spacial score (nSPS) is 12.9. The molecule has 0 saturated carbocycles. The Balaban J connectivity index is 2.20. The van der Waals surface area contributed by atoms with Crippen LogP contribution >= 0.6 is 0 Å². The molecule has 136 valence electrons. The molecular formula is C15H15F3N2O4S. The highest BCUT2D eigenvalue weighted by Crippen LogP contribution is 2.22. The molecule has 1 aromatic heterocycles. The number of rotatable bonds is 5. The fourth-order valence-electron chi connectivity index (χ4n) is 2.05. The van der Waals surface area contributed by atoms with Gasteiger partial charge in [-0.05, 0) is 32.9 Å². The van der Waals surface area contributed by atoms with E-state index in [1.54, 1.807) is 6.92 Å². The molecule has 0 aliphatic rings. The lowest BCUT2D eigenvalue weighted by Gasteiger charge is -2.14. The van der Waals surface area contributed by atoms with Gasteiger partial charge < -0.3 is 9.84 Å². The number of sulfone groups is 1. The molecule has 1 N–H and O–H groups in total. The monoisotopic (exact) mass is 376 g/mol. The Morgan fingerprint density at radius 3 is 2.44 bits per heavy atom. The Morgan fingerprint density at radius 2 is 1.88 bits per heavy atom. The molecule has 10 heteroatoms. The van der Waals surface area contributed by atoms with Gasteiger partial charge in [-0.1, -0.05) is 5.16 Å². The summed E-state index contributed by atoms with van der Waals surface area (Å²) < 4.78 is 69.3. The van der Waals surface area contributed by atoms with Gasteiger partial charge in [-0.2, -0.15) is 0 Å². The van der Waals surface area contributed by atoms with Crippen LogP contribution in [0.1, 0.15) is 23.9 Å². The highest BCUT2D eigenvalue weighted by molar-refractivity contribution is 7.92. The van der Waals surface area contributed by atoms with Gasteiger partial charge in [0.15, 0.2) is 27.3 Å². The van der Waals surface area contributed by atoms with Gasteiger partial charge >= 0.3 is 0 Å². The van der Waals surface area contributed by atoms with Gasteiger partial charge in [0.1, 0.15) is 11.0 Å². The minimum Gasteiger partial charge on any atom is -0.361 e. The summed E-state index contributed by atoms with van der Waals surface area (Å²) in [5.41, 5.74) is 0.0577. The Bertz CT molecular complexity index is 906. The Labute approximate surface area is 141 Å². The first-order valence-corrected chi connectivity index (χ1v) is 8.83. The van der Waals surface area contributed by atoms with E-state index >= 15 is 0 Å². The van der Waals surface area contributed by atoms with Crippen LogP contribution in [-0.4, -0.2) is 24.7 Å². The number of hydrogen-bond acceptors (Lipinski definition) is 5. The van der Waals surface area contributed by atoms with Gasteiger partial charge in [-0.15, -0.1) is 0 Å². The third-order valence-corrected chi connectivity index (χ3v) is 5.71. The van der Waals surface area contributed by atoms with Crippen LogP contribution in [-0.2, 0) is 20.4 Å². The van der Waals surface area contributed by atoms with Crippen molar-refractivity contribution in [1.29, 1.82) is 0 Å². The molecule has 0 radical (unpaired) electrons. The van der Waals surface area contributed by atoms with Gasteiger partial charge in [0, 0.05) is 5.56 Å². The molecule has 1 amide bonds. The number of aryl methyl sites for hydroxylation is 2. The van der Waals surface area contributed by atoms with Gasteiger partial charge in [0.25, 0.3) is 0 Å². The lowest BCUT2D eigenvalue weighted by atomic mass is 10.2. The lowest BCUT2D eigenvalue weighted by Crippen LogP contribution is -2.34. The summed E-state index contributed by atoms with van der Waals surface area (Å²) in [6.07, 6.45) is 0. The van der Waals surface area contributed by atoms with E-state index in [0.29, 0.717) is 23.1 Å². The molecular weight excluding hydrogens is 361 g/mol. The summed E-state index contributed by atoms with van der Waals surface area (Å²) in [6, 6.07) is 1.43. The highest BCUT2D eigenvalue weighted by Gasteiger charge is 2.31. The molecule has 2 aromatic rings. The summed E-state index contributed by atoms with van der Waals surface area (Å²) in [5.74, 6) is -6.05. The number of nitrogens with zero attached hydrogens (tertiary/aromatic N) is 1. The van der Waals surface area contributed by atoms with Crippen LogP contribution in [0, 0.1) is 31.3 Å². The predicted octanol–water partition coefficient (Wildman–Crippen LogP) is 2.65. The minimum atomic E-state index is -3.98. The maximum atomic E-state index is 13.6. The molecule has 0 bridgehead atoms. The average molecular weight is 376 g/mol. The van der Waals surface area contributed by atoms with E-state index < -0.39 is 49.9 Å². The molecule has 0 saturated heterocycles. The number of amides is 1. The second kappa shape index (κ2) is 6.87. The van der Waals surface area contributed by atoms with E-state index in [1.807, 2.05) is 5.32 Å². The number of carbonyl (C=O) groups excluding carboxylic acids is 1. The van der Waals surface area contributed by atoms with E-state index in [2.05, 4.69) is 5.16 Å². The molecule has 0 aliphatic carbocycles. The standard InChI is InChI=1S/C15H15F3N2O4S/c1-7-10(8(2)24-20-7)6-25(22,23)9(3)15(21)19-12-5-4-11(16)13(17)14(12)18/h4-5,9H,6H2,1-3H3,(H,19,21)/t9-/m1/s1. The molecule has 6 nitrogen and oxygen atoms in total. The first kappa shape index (κ1) is 19.0. The van der Waals surface area contributed by atoms with Crippen molar-refractivity contribution >= 4 is 21.4 Å². The predicted molar refractivity (Wildman–Crippen MR) is 83.0 cm³/mol. The smallest absolute Gasteiger partial charge is 0.242 e. The molecule has 1 atom stereocenters. The van der Waals surface area contributed by atoms with Crippen LogP contribution in [0.5, 0.6) is 0 Å². The van der Waals surface area contributed by atoms with Crippen LogP contribution < -0.4 is 5.32 Å². The first-order valence-electron chi connectivity index (χ1n) is 7.12. The van der Waals surface area contributed by atoms with Crippen LogP contribution in [0.2, 0.25) is 0 Å². The van der Waals surface area contributed by atoms with Crippen molar-refractivity contribution in [2.45, 2.75) is 31.8 Å². The zero-order valence-electron chi connectivity index (χ0n) is 13.6. The molecule has 1 heterocycles. The Morgan fingerprint density at radius 1 is 1.24 bits per heavy atom. The van der Waals surface area contributed by atoms with Crippen LogP contribution in [0.25, 0.3) is 0 Å². The molecule has 0 unspecified atom stereocenters. The van der Waals surface area contributed by atoms with Gasteiger partial charge in [0.2, 0.25) is 5.91 Å². The number of anilines is 1. The number of hydrogen-bond donors (Lipinski definition) is 1. The van der Waals surface area contributed by atoms with Gasteiger partial charge in [-0.3, -0.25) is 4.79 Å². The van der Waals surface area contributed by atoms with Crippen molar-refractivity contribution in [3.8, 4) is 0 Å². The third-order valence-electron chi connectivity index (χ3n) is 3.73. The first-order chi connectivity index (χ1) is 11.5. The topological polar surface area (TPSA) is 89.3 Å². The summed E-state index contributed by atoms with van der Waals surface area (Å²) in [6.45, 7) is 4.20. The number of halogens is 3. The molecule has 25 heavy (non-hydrogen) atoms. The minimum absolute atomic E-state index is 0.306. The summed E-state index contributed by atoms with van der Waals surface area (Å²) in [5, 5.41) is 4.03. The summed E-state index contributed by atoms with van der Waals surface area (Å²) in [4.78, 5) is 12.1. The third kappa shape index (κ3) is 3.84. The maximum absolute atomic E-state index is 13.6. The quantitative estimate of drug-likeness (QED) is 0.811. The molecule has 2 rings (SSSR count). The highest BCUT2D eigenvalue weighted by atomic mass is 32.2. The SMILES string of the molecule is Cc1noc(C)c1CS(=O)(=O)[C@H](C)C(=O)Nc1ccc(F)c(F)c1F. The summed E-state index contributed by atoms with van der Waals surface area (Å²) in [7, 11) is -3.98. The van der Waals surface area contributed by atoms with Crippen molar-refractivity contribution in [3.05, 3.63) is 46.6 Å². The summed E-state index contributed by atoms with van der Waals surface area (Å²) >= 11 is 0. The van der Waals surface area contributed by atoms with Crippen molar-refractivity contribution in [2.75, 3.05) is 5.32 Å². The average Bonchev–Trinajstić information content (AvgIpc) is 2.86.